The van der Waals surface area contributed by atoms with E-state index in [1.54, 1.807) is 12.5 Å². The number of hydrogen-bond acceptors (Lipinski definition) is 3. The Morgan fingerprint density at radius 2 is 2.20 bits per heavy atom. The van der Waals surface area contributed by atoms with E-state index in [9.17, 15) is 9.59 Å². The van der Waals surface area contributed by atoms with Crippen LogP contribution >= 0.6 is 0 Å². The molecule has 0 saturated heterocycles. The summed E-state index contributed by atoms with van der Waals surface area (Å²) < 4.78 is 0. The van der Waals surface area contributed by atoms with Crippen molar-refractivity contribution in [1.82, 2.24) is 20.6 Å². The molecule has 0 aromatic carbocycles. The highest BCUT2D eigenvalue weighted by atomic mass is 16.4. The quantitative estimate of drug-likeness (QED) is 0.595. The maximum Gasteiger partial charge on any atom is 0.314 e. The van der Waals surface area contributed by atoms with Crippen molar-refractivity contribution in [3.05, 3.63) is 18.2 Å². The van der Waals surface area contributed by atoms with Gasteiger partial charge < -0.3 is 20.7 Å². The first-order valence-electron chi connectivity index (χ1n) is 6.80. The lowest BCUT2D eigenvalue weighted by molar-refractivity contribution is -0.141. The molecule has 1 aromatic heterocycles. The lowest BCUT2D eigenvalue weighted by Gasteiger charge is -2.40. The van der Waals surface area contributed by atoms with E-state index in [1.165, 1.54) is 0 Å². The number of urea groups is 1. The van der Waals surface area contributed by atoms with Crippen molar-refractivity contribution in [3.8, 4) is 0 Å². The van der Waals surface area contributed by atoms with Gasteiger partial charge in [-0.2, -0.15) is 0 Å². The van der Waals surface area contributed by atoms with Gasteiger partial charge in [0.2, 0.25) is 0 Å². The van der Waals surface area contributed by atoms with Crippen LogP contribution in [0.25, 0.3) is 0 Å². The van der Waals surface area contributed by atoms with Crippen LogP contribution in [0.1, 0.15) is 31.4 Å². The van der Waals surface area contributed by atoms with Crippen LogP contribution in [0.15, 0.2) is 12.5 Å². The van der Waals surface area contributed by atoms with Crippen LogP contribution in [0.4, 0.5) is 4.79 Å². The van der Waals surface area contributed by atoms with Crippen LogP contribution < -0.4 is 10.6 Å². The Balaban J connectivity index is 1.65. The molecule has 2 rings (SSSR count). The van der Waals surface area contributed by atoms with Gasteiger partial charge in [-0.15, -0.1) is 0 Å². The molecule has 1 heterocycles. The summed E-state index contributed by atoms with van der Waals surface area (Å²) in [5.74, 6) is -0.800. The number of hydrogen-bond donors (Lipinski definition) is 4. The third-order valence-electron chi connectivity index (χ3n) is 3.80. The molecule has 1 aliphatic rings. The second-order valence-corrected chi connectivity index (χ2v) is 5.36. The Morgan fingerprint density at radius 1 is 1.40 bits per heavy atom. The Labute approximate surface area is 117 Å². The van der Waals surface area contributed by atoms with Gasteiger partial charge in [-0.05, 0) is 18.3 Å². The predicted molar refractivity (Wildman–Crippen MR) is 72.2 cm³/mol. The van der Waals surface area contributed by atoms with Crippen molar-refractivity contribution < 1.29 is 14.7 Å². The van der Waals surface area contributed by atoms with Gasteiger partial charge in [-0.25, -0.2) is 9.78 Å². The SMILES string of the molecule is O=C(O)CC1(CNC(=O)NCCc2cnc[nH]2)CCC1. The number of carbonyl (C=O) groups excluding carboxylic acids is 1. The van der Waals surface area contributed by atoms with E-state index in [0.717, 1.165) is 25.0 Å². The van der Waals surface area contributed by atoms with Gasteiger partial charge >= 0.3 is 12.0 Å². The molecule has 0 radical (unpaired) electrons. The smallest absolute Gasteiger partial charge is 0.314 e. The minimum absolute atomic E-state index is 0.126. The number of carboxylic acid groups (broad SMARTS) is 1. The second-order valence-electron chi connectivity index (χ2n) is 5.36. The fraction of sp³-hybridized carbons (Fsp3) is 0.615. The summed E-state index contributed by atoms with van der Waals surface area (Å²) in [6.45, 7) is 0.940. The number of aromatic nitrogens is 2. The maximum atomic E-state index is 11.6. The maximum absolute atomic E-state index is 11.6. The summed E-state index contributed by atoms with van der Waals surface area (Å²) in [6.07, 6.45) is 6.91. The minimum Gasteiger partial charge on any atom is -0.481 e. The van der Waals surface area contributed by atoms with Crippen molar-refractivity contribution in [2.45, 2.75) is 32.1 Å². The van der Waals surface area contributed by atoms with Crippen molar-refractivity contribution >= 4 is 12.0 Å². The standard InChI is InChI=1S/C13H20N4O3/c18-11(19)6-13(3-1-4-13)8-16-12(20)15-5-2-10-7-14-9-17-10/h7,9H,1-6,8H2,(H,14,17)(H,18,19)(H2,15,16,20). The Kier molecular flexibility index (Phi) is 4.60. The number of rotatable bonds is 7. The van der Waals surface area contributed by atoms with E-state index in [0.29, 0.717) is 19.5 Å². The third-order valence-corrected chi connectivity index (χ3v) is 3.80. The lowest BCUT2D eigenvalue weighted by atomic mass is 9.66. The highest BCUT2D eigenvalue weighted by Gasteiger charge is 2.39. The van der Waals surface area contributed by atoms with Gasteiger partial charge in [0.15, 0.2) is 0 Å². The Bertz CT molecular complexity index is 454. The van der Waals surface area contributed by atoms with E-state index in [4.69, 9.17) is 5.11 Å². The van der Waals surface area contributed by atoms with Crippen molar-refractivity contribution in [2.75, 3.05) is 13.1 Å². The highest BCUT2D eigenvalue weighted by Crippen LogP contribution is 2.43. The van der Waals surface area contributed by atoms with E-state index in [2.05, 4.69) is 20.6 Å². The zero-order chi connectivity index (χ0) is 14.4. The fourth-order valence-corrected chi connectivity index (χ4v) is 2.48. The molecule has 20 heavy (non-hydrogen) atoms. The summed E-state index contributed by atoms with van der Waals surface area (Å²) >= 11 is 0. The number of nitrogens with zero attached hydrogens (tertiary/aromatic N) is 1. The average Bonchev–Trinajstić information content (AvgIpc) is 2.85. The summed E-state index contributed by atoms with van der Waals surface area (Å²) in [7, 11) is 0. The van der Waals surface area contributed by atoms with Gasteiger partial charge in [0.1, 0.15) is 0 Å². The van der Waals surface area contributed by atoms with Crippen molar-refractivity contribution in [2.24, 2.45) is 5.41 Å². The van der Waals surface area contributed by atoms with Crippen LogP contribution in [0, 0.1) is 5.41 Å². The van der Waals surface area contributed by atoms with Gasteiger partial charge in [-0.1, -0.05) is 6.42 Å². The molecular weight excluding hydrogens is 260 g/mol. The van der Waals surface area contributed by atoms with E-state index in [-0.39, 0.29) is 17.9 Å². The number of carbonyl (C=O) groups is 2. The molecule has 4 N–H and O–H groups in total. The van der Waals surface area contributed by atoms with Crippen LogP contribution in [-0.4, -0.2) is 40.2 Å². The van der Waals surface area contributed by atoms with E-state index < -0.39 is 5.97 Å². The molecule has 7 nitrogen and oxygen atoms in total. The molecule has 0 aliphatic heterocycles. The zero-order valence-electron chi connectivity index (χ0n) is 11.3. The summed E-state index contributed by atoms with van der Waals surface area (Å²) in [5.41, 5.74) is 0.721. The van der Waals surface area contributed by atoms with Crippen LogP contribution in [0.5, 0.6) is 0 Å². The van der Waals surface area contributed by atoms with Gasteiger partial charge in [0, 0.05) is 31.4 Å². The molecular formula is C13H20N4O3. The molecule has 1 aliphatic carbocycles. The zero-order valence-corrected chi connectivity index (χ0v) is 11.3. The number of aliphatic carboxylic acids is 1. The van der Waals surface area contributed by atoms with Gasteiger partial charge in [0.05, 0.1) is 12.7 Å². The van der Waals surface area contributed by atoms with E-state index in [1.807, 2.05) is 0 Å². The molecule has 110 valence electrons. The molecule has 1 fully saturated rings. The molecule has 0 unspecified atom stereocenters. The fourth-order valence-electron chi connectivity index (χ4n) is 2.48. The largest absolute Gasteiger partial charge is 0.481 e. The summed E-state index contributed by atoms with van der Waals surface area (Å²) in [6, 6.07) is -0.249. The third kappa shape index (κ3) is 3.97. The minimum atomic E-state index is -0.800. The van der Waals surface area contributed by atoms with Crippen LogP contribution in [0.3, 0.4) is 0 Å². The van der Waals surface area contributed by atoms with Crippen LogP contribution in [-0.2, 0) is 11.2 Å². The summed E-state index contributed by atoms with van der Waals surface area (Å²) in [4.78, 5) is 29.3. The topological polar surface area (TPSA) is 107 Å². The van der Waals surface area contributed by atoms with Crippen molar-refractivity contribution in [3.63, 3.8) is 0 Å². The summed E-state index contributed by atoms with van der Waals surface area (Å²) in [5, 5.41) is 14.4. The molecule has 0 atom stereocenters. The van der Waals surface area contributed by atoms with E-state index >= 15 is 0 Å². The molecule has 0 spiro atoms. The number of imidazole rings is 1. The lowest BCUT2D eigenvalue weighted by Crippen LogP contribution is -2.46. The van der Waals surface area contributed by atoms with Crippen LogP contribution in [0.2, 0.25) is 0 Å². The normalized spacial score (nSPS) is 16.2. The molecule has 0 bridgehead atoms. The average molecular weight is 280 g/mol. The monoisotopic (exact) mass is 280 g/mol. The van der Waals surface area contributed by atoms with Gasteiger partial charge in [0.25, 0.3) is 0 Å². The number of aromatic amines is 1. The molecule has 1 saturated carbocycles. The second kappa shape index (κ2) is 6.40. The first kappa shape index (κ1) is 14.4. The molecule has 7 heteroatoms. The number of H-pyrrole nitrogens is 1. The first-order chi connectivity index (χ1) is 9.60. The van der Waals surface area contributed by atoms with Gasteiger partial charge in [-0.3, -0.25) is 4.79 Å². The Morgan fingerprint density at radius 3 is 2.75 bits per heavy atom. The highest BCUT2D eigenvalue weighted by molar-refractivity contribution is 5.74. The molecule has 2 amide bonds. The Hall–Kier alpha value is -2.05. The predicted octanol–water partition coefficient (Wildman–Crippen LogP) is 0.896. The number of amides is 2. The molecule has 1 aromatic rings. The first-order valence-corrected chi connectivity index (χ1v) is 6.80. The number of carboxylic acids is 1. The van der Waals surface area contributed by atoms with Crippen molar-refractivity contribution in [1.29, 1.82) is 0 Å². The number of nitrogens with one attached hydrogen (secondary N) is 3.